The van der Waals surface area contributed by atoms with Crippen molar-refractivity contribution < 1.29 is 0 Å². The molecule has 3 heterocycles. The van der Waals surface area contributed by atoms with Crippen LogP contribution in [-0.4, -0.2) is 39.7 Å². The fourth-order valence-corrected chi connectivity index (χ4v) is 3.69. The van der Waals surface area contributed by atoms with Crippen molar-refractivity contribution in [1.82, 2.24) is 20.1 Å². The zero-order valence-corrected chi connectivity index (χ0v) is 14.5. The highest BCUT2D eigenvalue weighted by Gasteiger charge is 2.11. The molecule has 130 valence electrons. The lowest BCUT2D eigenvalue weighted by molar-refractivity contribution is 0.226. The molecule has 5 heteroatoms. The third-order valence-electron chi connectivity index (χ3n) is 5.11. The van der Waals surface area contributed by atoms with Crippen LogP contribution in [0.25, 0.3) is 22.2 Å². The molecule has 0 unspecified atom stereocenters. The van der Waals surface area contributed by atoms with E-state index in [1.54, 1.807) is 6.20 Å². The van der Waals surface area contributed by atoms with Gasteiger partial charge < -0.3 is 10.6 Å². The fraction of sp³-hybridized carbons (Fsp3) is 0.400. The van der Waals surface area contributed by atoms with Crippen LogP contribution in [0, 0.1) is 0 Å². The number of piperidine rings is 1. The van der Waals surface area contributed by atoms with Crippen molar-refractivity contribution in [3.8, 4) is 11.3 Å². The van der Waals surface area contributed by atoms with E-state index in [2.05, 4.69) is 44.3 Å². The Morgan fingerprint density at radius 3 is 2.76 bits per heavy atom. The maximum absolute atomic E-state index is 6.23. The zero-order valence-electron chi connectivity index (χ0n) is 14.5. The molecule has 1 aromatic carbocycles. The quantitative estimate of drug-likeness (QED) is 0.747. The summed E-state index contributed by atoms with van der Waals surface area (Å²) in [5.74, 6) is 0.660. The van der Waals surface area contributed by atoms with Gasteiger partial charge in [0.05, 0.1) is 11.2 Å². The minimum absolute atomic E-state index is 0.660. The number of aryl methyl sites for hydroxylation is 1. The highest BCUT2D eigenvalue weighted by atomic mass is 15.1. The van der Waals surface area contributed by atoms with Crippen LogP contribution in [0.5, 0.6) is 0 Å². The maximum atomic E-state index is 6.23. The van der Waals surface area contributed by atoms with Gasteiger partial charge in [0.15, 0.2) is 0 Å². The number of nitrogens with two attached hydrogens (primary N) is 1. The minimum Gasteiger partial charge on any atom is -0.383 e. The van der Waals surface area contributed by atoms with Gasteiger partial charge in [0.1, 0.15) is 5.82 Å². The molecule has 4 rings (SSSR count). The van der Waals surface area contributed by atoms with Crippen molar-refractivity contribution >= 4 is 16.7 Å². The number of H-pyrrole nitrogens is 1. The van der Waals surface area contributed by atoms with Gasteiger partial charge in [0.2, 0.25) is 0 Å². The third-order valence-corrected chi connectivity index (χ3v) is 5.11. The van der Waals surface area contributed by atoms with Crippen molar-refractivity contribution in [2.75, 3.05) is 25.4 Å². The Labute approximate surface area is 148 Å². The van der Waals surface area contributed by atoms with Gasteiger partial charge in [-0.25, -0.2) is 4.98 Å². The molecule has 0 radical (unpaired) electrons. The number of hydrogen-bond donors (Lipinski definition) is 2. The Morgan fingerprint density at radius 2 is 1.96 bits per heavy atom. The summed E-state index contributed by atoms with van der Waals surface area (Å²) in [6.07, 6.45) is 7.97. The van der Waals surface area contributed by atoms with Crippen LogP contribution in [0.4, 0.5) is 5.82 Å². The molecule has 1 fully saturated rings. The Bertz CT molecular complexity index is 835. The van der Waals surface area contributed by atoms with Gasteiger partial charge in [0.25, 0.3) is 0 Å². The lowest BCUT2D eigenvalue weighted by atomic mass is 10.0. The summed E-state index contributed by atoms with van der Waals surface area (Å²) in [6.45, 7) is 3.67. The first kappa shape index (κ1) is 16.1. The van der Waals surface area contributed by atoms with Gasteiger partial charge in [0, 0.05) is 17.1 Å². The van der Waals surface area contributed by atoms with Crippen molar-refractivity contribution in [2.24, 2.45) is 0 Å². The van der Waals surface area contributed by atoms with Crippen molar-refractivity contribution in [1.29, 1.82) is 0 Å². The summed E-state index contributed by atoms with van der Waals surface area (Å²) in [4.78, 5) is 7.22. The van der Waals surface area contributed by atoms with E-state index in [0.29, 0.717) is 5.82 Å². The van der Waals surface area contributed by atoms with Crippen molar-refractivity contribution in [3.05, 3.63) is 42.1 Å². The molecular weight excluding hydrogens is 310 g/mol. The molecule has 25 heavy (non-hydrogen) atoms. The molecule has 1 aliphatic heterocycles. The molecule has 0 atom stereocenters. The number of aromatic amines is 1. The molecule has 0 aliphatic carbocycles. The van der Waals surface area contributed by atoms with Crippen LogP contribution in [0.3, 0.4) is 0 Å². The van der Waals surface area contributed by atoms with Gasteiger partial charge in [-0.1, -0.05) is 18.6 Å². The maximum Gasteiger partial charge on any atom is 0.127 e. The monoisotopic (exact) mass is 335 g/mol. The van der Waals surface area contributed by atoms with E-state index in [9.17, 15) is 0 Å². The molecule has 1 saturated heterocycles. The minimum atomic E-state index is 0.660. The van der Waals surface area contributed by atoms with E-state index < -0.39 is 0 Å². The van der Waals surface area contributed by atoms with E-state index in [1.807, 2.05) is 6.07 Å². The topological polar surface area (TPSA) is 70.8 Å². The summed E-state index contributed by atoms with van der Waals surface area (Å²) in [5, 5.41) is 8.14. The highest BCUT2D eigenvalue weighted by molar-refractivity contribution is 5.85. The molecule has 0 spiro atoms. The number of nitrogens with zero attached hydrogens (tertiary/aromatic N) is 3. The number of nitrogen functional groups attached to an aromatic ring is 1. The Hall–Kier alpha value is -2.40. The van der Waals surface area contributed by atoms with Crippen molar-refractivity contribution in [2.45, 2.75) is 32.1 Å². The van der Waals surface area contributed by atoms with E-state index in [1.165, 1.54) is 37.9 Å². The number of anilines is 1. The number of fused-ring (bicyclic) bond motifs is 1. The highest BCUT2D eigenvalue weighted by Crippen LogP contribution is 2.25. The molecule has 1 aliphatic rings. The van der Waals surface area contributed by atoms with Crippen LogP contribution >= 0.6 is 0 Å². The first-order chi connectivity index (χ1) is 12.3. The van der Waals surface area contributed by atoms with Gasteiger partial charge in [-0.3, -0.25) is 5.10 Å². The van der Waals surface area contributed by atoms with E-state index in [-0.39, 0.29) is 0 Å². The van der Waals surface area contributed by atoms with Crippen LogP contribution in [-0.2, 0) is 6.42 Å². The summed E-state index contributed by atoms with van der Waals surface area (Å²) in [6, 6.07) is 10.4. The van der Waals surface area contributed by atoms with Gasteiger partial charge in [-0.05, 0) is 69.1 Å². The predicted octanol–water partition coefficient (Wildman–Crippen LogP) is 3.63. The van der Waals surface area contributed by atoms with Gasteiger partial charge in [-0.15, -0.1) is 0 Å². The lowest BCUT2D eigenvalue weighted by Crippen LogP contribution is -2.30. The predicted molar refractivity (Wildman–Crippen MR) is 102 cm³/mol. The summed E-state index contributed by atoms with van der Waals surface area (Å²) in [5.41, 5.74) is 10.4. The smallest absolute Gasteiger partial charge is 0.127 e. The Balaban J connectivity index is 1.48. The second kappa shape index (κ2) is 7.23. The molecule has 0 amide bonds. The summed E-state index contributed by atoms with van der Waals surface area (Å²) in [7, 11) is 0. The largest absolute Gasteiger partial charge is 0.383 e. The second-order valence-corrected chi connectivity index (χ2v) is 6.92. The van der Waals surface area contributed by atoms with Crippen LogP contribution in [0.15, 0.2) is 36.5 Å². The molecular formula is C20H25N5. The first-order valence-corrected chi connectivity index (χ1v) is 9.21. The molecule has 0 bridgehead atoms. The van der Waals surface area contributed by atoms with Gasteiger partial charge >= 0.3 is 0 Å². The first-order valence-electron chi connectivity index (χ1n) is 9.21. The van der Waals surface area contributed by atoms with Crippen LogP contribution in [0.1, 0.15) is 31.2 Å². The fourth-order valence-electron chi connectivity index (χ4n) is 3.69. The number of rotatable bonds is 5. The summed E-state index contributed by atoms with van der Waals surface area (Å²) >= 11 is 0. The Morgan fingerprint density at radius 1 is 1.08 bits per heavy atom. The van der Waals surface area contributed by atoms with E-state index in [0.717, 1.165) is 41.5 Å². The molecule has 2 aromatic heterocycles. The second-order valence-electron chi connectivity index (χ2n) is 6.92. The molecule has 3 N–H and O–H groups in total. The van der Waals surface area contributed by atoms with Crippen LogP contribution in [0.2, 0.25) is 0 Å². The third kappa shape index (κ3) is 3.66. The zero-order chi connectivity index (χ0) is 17.1. The number of aromatic nitrogens is 3. The molecule has 5 nitrogen and oxygen atoms in total. The molecule has 3 aromatic rings. The van der Waals surface area contributed by atoms with Crippen LogP contribution < -0.4 is 5.73 Å². The van der Waals surface area contributed by atoms with Gasteiger partial charge in [-0.2, -0.15) is 5.10 Å². The van der Waals surface area contributed by atoms with Crippen molar-refractivity contribution in [3.63, 3.8) is 0 Å². The SMILES string of the molecule is Nc1nc2cc(-c3ccn[nH]3)ccc2cc1CCCN1CCCCC1. The Kier molecular flexibility index (Phi) is 4.65. The number of benzene rings is 1. The summed E-state index contributed by atoms with van der Waals surface area (Å²) < 4.78 is 0. The number of hydrogen-bond acceptors (Lipinski definition) is 4. The number of nitrogens with one attached hydrogen (secondary N) is 1. The average Bonchev–Trinajstić information content (AvgIpc) is 3.17. The van der Waals surface area contributed by atoms with E-state index >= 15 is 0 Å². The number of likely N-dealkylation sites (tertiary alicyclic amines) is 1. The standard InChI is InChI=1S/C20H25N5/c21-20-17(5-4-12-25-10-2-1-3-11-25)13-15-6-7-16(14-19(15)23-20)18-8-9-22-24-18/h6-9,13-14H,1-5,10-12H2,(H2,21,23)(H,22,24). The van der Waals surface area contributed by atoms with E-state index in [4.69, 9.17) is 5.73 Å². The lowest BCUT2D eigenvalue weighted by Gasteiger charge is -2.26. The molecule has 0 saturated carbocycles. The average molecular weight is 335 g/mol. The number of pyridine rings is 1. The normalized spacial score (nSPS) is 15.7.